The summed E-state index contributed by atoms with van der Waals surface area (Å²) in [4.78, 5) is 14.5. The Morgan fingerprint density at radius 3 is 2.57 bits per heavy atom. The van der Waals surface area contributed by atoms with E-state index in [9.17, 15) is 9.90 Å². The van der Waals surface area contributed by atoms with E-state index in [0.717, 1.165) is 18.5 Å². The molecule has 0 radical (unpaired) electrons. The molecule has 0 aliphatic heterocycles. The zero-order chi connectivity index (χ0) is 15.2. The summed E-state index contributed by atoms with van der Waals surface area (Å²) in [5.41, 5.74) is 7.06. The van der Waals surface area contributed by atoms with E-state index in [0.29, 0.717) is 18.3 Å². The van der Waals surface area contributed by atoms with Gasteiger partial charge in [-0.25, -0.2) is 0 Å². The molecule has 4 N–H and O–H groups in total. The van der Waals surface area contributed by atoms with Crippen LogP contribution in [0.2, 0.25) is 0 Å². The van der Waals surface area contributed by atoms with Gasteiger partial charge in [0.15, 0.2) is 0 Å². The molecular weight excluding hydrogens is 266 g/mol. The average Bonchev–Trinajstić information content (AvgIpc) is 3.00. The van der Waals surface area contributed by atoms with Crippen molar-refractivity contribution in [3.63, 3.8) is 0 Å². The Balaban J connectivity index is 1.99. The number of nitrogens with one attached hydrogen (secondary N) is 1. The number of aliphatic hydroxyl groups excluding tert-OH is 1. The van der Waals surface area contributed by atoms with Gasteiger partial charge in [-0.15, -0.1) is 0 Å². The van der Waals surface area contributed by atoms with Crippen LogP contribution in [0, 0.1) is 0 Å². The first-order valence-electron chi connectivity index (χ1n) is 7.65. The van der Waals surface area contributed by atoms with Gasteiger partial charge in [0, 0.05) is 24.0 Å². The molecule has 5 nitrogen and oxygen atoms in total. The van der Waals surface area contributed by atoms with Crippen LogP contribution >= 0.6 is 0 Å². The van der Waals surface area contributed by atoms with Gasteiger partial charge in [-0.3, -0.25) is 9.69 Å². The molecule has 0 saturated heterocycles. The van der Waals surface area contributed by atoms with E-state index in [1.54, 1.807) is 24.3 Å². The molecule has 1 atom stereocenters. The second kappa shape index (κ2) is 7.43. The lowest BCUT2D eigenvalue weighted by molar-refractivity contribution is -0.121. The Bertz CT molecular complexity index is 455. The van der Waals surface area contributed by atoms with E-state index in [1.165, 1.54) is 12.8 Å². The molecule has 1 unspecified atom stereocenters. The first kappa shape index (κ1) is 15.8. The minimum absolute atomic E-state index is 0.0416. The third kappa shape index (κ3) is 4.19. The van der Waals surface area contributed by atoms with Crippen molar-refractivity contribution in [3.05, 3.63) is 24.3 Å². The Morgan fingerprint density at radius 1 is 1.38 bits per heavy atom. The van der Waals surface area contributed by atoms with Gasteiger partial charge in [0.05, 0.1) is 12.6 Å². The van der Waals surface area contributed by atoms with Gasteiger partial charge in [0.1, 0.15) is 0 Å². The summed E-state index contributed by atoms with van der Waals surface area (Å²) in [7, 11) is 0. The first-order chi connectivity index (χ1) is 10.1. The van der Waals surface area contributed by atoms with Crippen LogP contribution in [0.5, 0.6) is 0 Å². The predicted octanol–water partition coefficient (Wildman–Crippen LogP) is 1.83. The van der Waals surface area contributed by atoms with Gasteiger partial charge >= 0.3 is 0 Å². The van der Waals surface area contributed by atoms with Crippen LogP contribution in [0.1, 0.15) is 32.6 Å². The number of hydrogen-bond acceptors (Lipinski definition) is 4. The smallest absolute Gasteiger partial charge is 0.241 e. The number of carbonyl (C=O) groups excluding carboxylic acids is 1. The van der Waals surface area contributed by atoms with E-state index in [4.69, 9.17) is 5.73 Å². The number of benzene rings is 1. The van der Waals surface area contributed by atoms with E-state index < -0.39 is 0 Å². The number of nitrogens with zero attached hydrogens (tertiary/aromatic N) is 1. The number of anilines is 2. The van der Waals surface area contributed by atoms with Gasteiger partial charge in [-0.05, 0) is 44.0 Å². The number of aliphatic hydroxyl groups is 1. The van der Waals surface area contributed by atoms with Crippen LogP contribution in [0.15, 0.2) is 24.3 Å². The molecule has 0 bridgehead atoms. The first-order valence-corrected chi connectivity index (χ1v) is 7.65. The lowest BCUT2D eigenvalue weighted by Crippen LogP contribution is -2.48. The van der Waals surface area contributed by atoms with Gasteiger partial charge in [-0.2, -0.15) is 0 Å². The molecule has 0 heterocycles. The monoisotopic (exact) mass is 291 g/mol. The Hall–Kier alpha value is -1.59. The van der Waals surface area contributed by atoms with Crippen LogP contribution in [0.25, 0.3) is 0 Å². The summed E-state index contributed by atoms with van der Waals surface area (Å²) in [5.74, 6) is -0.0416. The van der Waals surface area contributed by atoms with Crippen molar-refractivity contribution in [2.75, 3.05) is 24.2 Å². The molecule has 1 aliphatic rings. The van der Waals surface area contributed by atoms with Gasteiger partial charge in [0.25, 0.3) is 0 Å². The maximum Gasteiger partial charge on any atom is 0.241 e. The van der Waals surface area contributed by atoms with E-state index in [1.807, 2.05) is 6.92 Å². The average molecular weight is 291 g/mol. The SMILES string of the molecule is CC(C(=O)Nc1ccc(N)cc1)N(CCO)C1CCCC1. The summed E-state index contributed by atoms with van der Waals surface area (Å²) < 4.78 is 0. The highest BCUT2D eigenvalue weighted by Crippen LogP contribution is 2.25. The summed E-state index contributed by atoms with van der Waals surface area (Å²) in [6, 6.07) is 7.28. The van der Waals surface area contributed by atoms with E-state index in [-0.39, 0.29) is 18.6 Å². The number of nitrogen functional groups attached to an aromatic ring is 1. The Labute approximate surface area is 126 Å². The van der Waals surface area contributed by atoms with Crippen molar-refractivity contribution in [1.29, 1.82) is 0 Å². The standard InChI is InChI=1S/C16H25N3O2/c1-12(19(10-11-20)15-4-2-3-5-15)16(21)18-14-8-6-13(17)7-9-14/h6-9,12,15,20H,2-5,10-11,17H2,1H3,(H,18,21). The maximum atomic E-state index is 12.4. The number of amides is 1. The fourth-order valence-electron chi connectivity index (χ4n) is 3.01. The van der Waals surface area contributed by atoms with E-state index >= 15 is 0 Å². The molecule has 1 aromatic carbocycles. The van der Waals surface area contributed by atoms with Crippen LogP contribution in [0.4, 0.5) is 11.4 Å². The largest absolute Gasteiger partial charge is 0.399 e. The van der Waals surface area contributed by atoms with Crippen LogP contribution in [0.3, 0.4) is 0 Å². The zero-order valence-electron chi connectivity index (χ0n) is 12.6. The highest BCUT2D eigenvalue weighted by molar-refractivity contribution is 5.94. The molecule has 1 aliphatic carbocycles. The second-order valence-corrected chi connectivity index (χ2v) is 5.69. The van der Waals surface area contributed by atoms with Crippen molar-refractivity contribution in [3.8, 4) is 0 Å². The molecule has 116 valence electrons. The van der Waals surface area contributed by atoms with Crippen LogP contribution in [-0.2, 0) is 4.79 Å². The van der Waals surface area contributed by atoms with Crippen molar-refractivity contribution in [2.45, 2.75) is 44.7 Å². The maximum absolute atomic E-state index is 12.4. The number of nitrogens with two attached hydrogens (primary N) is 1. The van der Waals surface area contributed by atoms with Crippen molar-refractivity contribution >= 4 is 17.3 Å². The zero-order valence-corrected chi connectivity index (χ0v) is 12.6. The number of carbonyl (C=O) groups is 1. The summed E-state index contributed by atoms with van der Waals surface area (Å²) in [5, 5.41) is 12.2. The summed E-state index contributed by atoms with van der Waals surface area (Å²) in [6.45, 7) is 2.53. The Kier molecular flexibility index (Phi) is 5.59. The highest BCUT2D eigenvalue weighted by Gasteiger charge is 2.29. The Morgan fingerprint density at radius 2 is 2.00 bits per heavy atom. The molecule has 0 spiro atoms. The van der Waals surface area contributed by atoms with Gasteiger partial charge < -0.3 is 16.2 Å². The molecule has 21 heavy (non-hydrogen) atoms. The third-order valence-corrected chi connectivity index (χ3v) is 4.21. The molecule has 1 fully saturated rings. The number of rotatable bonds is 6. The fraction of sp³-hybridized carbons (Fsp3) is 0.562. The minimum atomic E-state index is -0.252. The molecular formula is C16H25N3O2. The third-order valence-electron chi connectivity index (χ3n) is 4.21. The lowest BCUT2D eigenvalue weighted by Gasteiger charge is -2.33. The van der Waals surface area contributed by atoms with Gasteiger partial charge in [-0.1, -0.05) is 12.8 Å². The predicted molar refractivity (Wildman–Crippen MR) is 85.0 cm³/mol. The summed E-state index contributed by atoms with van der Waals surface area (Å²) in [6.07, 6.45) is 4.64. The van der Waals surface area contributed by atoms with Crippen molar-refractivity contribution in [1.82, 2.24) is 4.90 Å². The normalized spacial score (nSPS) is 17.1. The fourth-order valence-corrected chi connectivity index (χ4v) is 3.01. The lowest BCUT2D eigenvalue weighted by atomic mass is 10.1. The second-order valence-electron chi connectivity index (χ2n) is 5.69. The summed E-state index contributed by atoms with van der Waals surface area (Å²) >= 11 is 0. The molecule has 2 rings (SSSR count). The van der Waals surface area contributed by atoms with Crippen LogP contribution in [-0.4, -0.2) is 41.1 Å². The highest BCUT2D eigenvalue weighted by atomic mass is 16.3. The quantitative estimate of drug-likeness (QED) is 0.699. The van der Waals surface area contributed by atoms with Crippen molar-refractivity contribution in [2.24, 2.45) is 0 Å². The van der Waals surface area contributed by atoms with Gasteiger partial charge in [0.2, 0.25) is 5.91 Å². The van der Waals surface area contributed by atoms with Crippen molar-refractivity contribution < 1.29 is 9.90 Å². The van der Waals surface area contributed by atoms with E-state index in [2.05, 4.69) is 10.2 Å². The molecule has 1 amide bonds. The molecule has 1 saturated carbocycles. The topological polar surface area (TPSA) is 78.6 Å². The molecule has 5 heteroatoms. The molecule has 1 aromatic rings. The van der Waals surface area contributed by atoms with Crippen LogP contribution < -0.4 is 11.1 Å². The number of hydrogen-bond donors (Lipinski definition) is 3. The molecule has 0 aromatic heterocycles. The minimum Gasteiger partial charge on any atom is -0.399 e.